The number of nitrogens with zero attached hydrogens (tertiary/aromatic N) is 1. The summed E-state index contributed by atoms with van der Waals surface area (Å²) in [5.41, 5.74) is 7.81. The minimum absolute atomic E-state index is 0.195. The first kappa shape index (κ1) is 16.1. The highest BCUT2D eigenvalue weighted by Crippen LogP contribution is 2.38. The molecule has 0 amide bonds. The largest absolute Gasteiger partial charge is 0.396 e. The lowest BCUT2D eigenvalue weighted by Gasteiger charge is -2.03. The Balaban J connectivity index is 1.99. The summed E-state index contributed by atoms with van der Waals surface area (Å²) >= 11 is 7.02. The van der Waals surface area contributed by atoms with Gasteiger partial charge < -0.3 is 11.1 Å². The minimum atomic E-state index is -0.230. The van der Waals surface area contributed by atoms with Gasteiger partial charge in [-0.3, -0.25) is 4.79 Å². The van der Waals surface area contributed by atoms with Gasteiger partial charge in [0.25, 0.3) is 0 Å². The van der Waals surface area contributed by atoms with Gasteiger partial charge in [-0.1, -0.05) is 29.8 Å². The molecular formula is C18H12ClN3OS. The Morgan fingerprint density at radius 3 is 2.42 bits per heavy atom. The highest BCUT2D eigenvalue weighted by Gasteiger charge is 2.22. The number of rotatable bonds is 4. The summed E-state index contributed by atoms with van der Waals surface area (Å²) < 4.78 is 0. The van der Waals surface area contributed by atoms with E-state index in [0.717, 1.165) is 5.69 Å². The third kappa shape index (κ3) is 3.11. The fourth-order valence-electron chi connectivity index (χ4n) is 2.20. The first-order chi connectivity index (χ1) is 11.6. The van der Waals surface area contributed by atoms with Crippen molar-refractivity contribution in [3.05, 3.63) is 75.6 Å². The zero-order valence-electron chi connectivity index (χ0n) is 12.4. The van der Waals surface area contributed by atoms with Crippen LogP contribution in [0, 0.1) is 11.3 Å². The van der Waals surface area contributed by atoms with E-state index < -0.39 is 0 Å². The first-order valence-electron chi connectivity index (χ1n) is 7.05. The molecule has 1 heterocycles. The number of hydrogen-bond donors (Lipinski definition) is 2. The molecule has 0 aliphatic rings. The van der Waals surface area contributed by atoms with Crippen molar-refractivity contribution in [1.29, 1.82) is 5.26 Å². The van der Waals surface area contributed by atoms with Crippen molar-refractivity contribution < 1.29 is 4.79 Å². The van der Waals surface area contributed by atoms with E-state index in [1.54, 1.807) is 24.3 Å². The highest BCUT2D eigenvalue weighted by molar-refractivity contribution is 7.19. The molecule has 3 rings (SSSR count). The molecule has 0 spiro atoms. The molecule has 0 unspecified atom stereocenters. The fourth-order valence-corrected chi connectivity index (χ4v) is 3.38. The molecule has 0 saturated heterocycles. The number of nitrogens with one attached hydrogen (secondary N) is 1. The van der Waals surface area contributed by atoms with Gasteiger partial charge >= 0.3 is 0 Å². The van der Waals surface area contributed by atoms with Gasteiger partial charge in [0.1, 0.15) is 21.5 Å². The van der Waals surface area contributed by atoms with Gasteiger partial charge in [-0.15, -0.1) is 11.3 Å². The molecule has 1 aromatic heterocycles. The van der Waals surface area contributed by atoms with Crippen LogP contribution in [0.25, 0.3) is 0 Å². The van der Waals surface area contributed by atoms with Gasteiger partial charge in [-0.25, -0.2) is 0 Å². The van der Waals surface area contributed by atoms with Crippen molar-refractivity contribution in [2.24, 2.45) is 0 Å². The molecule has 0 bridgehead atoms. The summed E-state index contributed by atoms with van der Waals surface area (Å²) in [6.07, 6.45) is 0. The monoisotopic (exact) mass is 353 g/mol. The molecule has 4 nitrogen and oxygen atoms in total. The van der Waals surface area contributed by atoms with Crippen molar-refractivity contribution in [3.63, 3.8) is 0 Å². The van der Waals surface area contributed by atoms with Gasteiger partial charge in [0.2, 0.25) is 5.78 Å². The molecule has 6 heteroatoms. The van der Waals surface area contributed by atoms with Gasteiger partial charge in [0.05, 0.1) is 5.69 Å². The lowest BCUT2D eigenvalue weighted by molar-refractivity contribution is 0.104. The second-order valence-corrected chi connectivity index (χ2v) is 6.44. The molecule has 2 aromatic carbocycles. The Labute approximate surface area is 148 Å². The number of ketones is 1. The number of thiophene rings is 1. The average Bonchev–Trinajstić information content (AvgIpc) is 2.91. The normalized spacial score (nSPS) is 10.2. The van der Waals surface area contributed by atoms with E-state index in [-0.39, 0.29) is 17.0 Å². The van der Waals surface area contributed by atoms with E-state index >= 15 is 0 Å². The number of hydrogen-bond acceptors (Lipinski definition) is 5. The lowest BCUT2D eigenvalue weighted by Crippen LogP contribution is -2.02. The molecule has 0 radical (unpaired) electrons. The van der Waals surface area contributed by atoms with Crippen LogP contribution in [0.1, 0.15) is 20.8 Å². The Morgan fingerprint density at radius 1 is 1.12 bits per heavy atom. The predicted octanol–water partition coefficient (Wildman–Crippen LogP) is 4.83. The van der Waals surface area contributed by atoms with Crippen LogP contribution in [0.15, 0.2) is 54.6 Å². The quantitative estimate of drug-likeness (QED) is 0.658. The number of benzene rings is 2. The third-order valence-corrected chi connectivity index (χ3v) is 4.77. The van der Waals surface area contributed by atoms with Crippen LogP contribution >= 0.6 is 22.9 Å². The topological polar surface area (TPSA) is 78.9 Å². The SMILES string of the molecule is N#Cc1c(Nc2ccccc2)sc(C(=O)c2ccc(Cl)cc2)c1N. The number of nitriles is 1. The van der Waals surface area contributed by atoms with Crippen LogP contribution in [0.5, 0.6) is 0 Å². The first-order valence-corrected chi connectivity index (χ1v) is 8.24. The summed E-state index contributed by atoms with van der Waals surface area (Å²) in [6.45, 7) is 0. The smallest absolute Gasteiger partial charge is 0.205 e. The summed E-state index contributed by atoms with van der Waals surface area (Å²) in [4.78, 5) is 13.0. The van der Waals surface area contributed by atoms with Crippen LogP contribution in [-0.4, -0.2) is 5.78 Å². The van der Waals surface area contributed by atoms with E-state index in [1.807, 2.05) is 30.3 Å². The molecule has 3 N–H and O–H groups in total. The molecule has 0 saturated carbocycles. The summed E-state index contributed by atoms with van der Waals surface area (Å²) in [6, 6.07) is 18.0. The number of anilines is 3. The molecular weight excluding hydrogens is 342 g/mol. The standard InChI is InChI=1S/C18H12ClN3OS/c19-12-8-6-11(7-9-12)16(23)17-15(21)14(10-20)18(24-17)22-13-4-2-1-3-5-13/h1-9,22H,21H2. The van der Waals surface area contributed by atoms with E-state index in [9.17, 15) is 10.1 Å². The van der Waals surface area contributed by atoms with Crippen LogP contribution in [0.4, 0.5) is 16.4 Å². The number of nitrogen functional groups attached to an aromatic ring is 1. The molecule has 0 fully saturated rings. The van der Waals surface area contributed by atoms with Gasteiger partial charge in [-0.05, 0) is 36.4 Å². The van der Waals surface area contributed by atoms with Crippen LogP contribution in [0.2, 0.25) is 5.02 Å². The minimum Gasteiger partial charge on any atom is -0.396 e. The number of carbonyl (C=O) groups is 1. The Bertz CT molecular complexity index is 927. The molecule has 0 aliphatic heterocycles. The van der Waals surface area contributed by atoms with E-state index in [2.05, 4.69) is 11.4 Å². The van der Waals surface area contributed by atoms with E-state index in [4.69, 9.17) is 17.3 Å². The van der Waals surface area contributed by atoms with Crippen molar-refractivity contribution in [1.82, 2.24) is 0 Å². The number of nitrogens with two attached hydrogens (primary N) is 1. The van der Waals surface area contributed by atoms with E-state index in [0.29, 0.717) is 20.5 Å². The summed E-state index contributed by atoms with van der Waals surface area (Å²) in [5, 5.41) is 13.6. The molecule has 24 heavy (non-hydrogen) atoms. The fraction of sp³-hybridized carbons (Fsp3) is 0. The average molecular weight is 354 g/mol. The zero-order chi connectivity index (χ0) is 17.1. The molecule has 118 valence electrons. The lowest BCUT2D eigenvalue weighted by atomic mass is 10.1. The van der Waals surface area contributed by atoms with Gasteiger partial charge in [0.15, 0.2) is 0 Å². The number of halogens is 1. The summed E-state index contributed by atoms with van der Waals surface area (Å²) in [7, 11) is 0. The van der Waals surface area contributed by atoms with Crippen molar-refractivity contribution >= 4 is 45.1 Å². The maximum absolute atomic E-state index is 12.7. The molecule has 3 aromatic rings. The second-order valence-electron chi connectivity index (χ2n) is 4.99. The predicted molar refractivity (Wildman–Crippen MR) is 98.1 cm³/mol. The Morgan fingerprint density at radius 2 is 1.79 bits per heavy atom. The second kappa shape index (κ2) is 6.75. The molecule has 0 atom stereocenters. The van der Waals surface area contributed by atoms with Crippen LogP contribution in [0.3, 0.4) is 0 Å². The van der Waals surface area contributed by atoms with Crippen molar-refractivity contribution in [3.8, 4) is 6.07 Å². The number of carbonyl (C=O) groups excluding carboxylic acids is 1. The van der Waals surface area contributed by atoms with Crippen molar-refractivity contribution in [2.45, 2.75) is 0 Å². The van der Waals surface area contributed by atoms with Gasteiger partial charge in [0, 0.05) is 16.3 Å². The Kier molecular flexibility index (Phi) is 4.52. The summed E-state index contributed by atoms with van der Waals surface area (Å²) in [5.74, 6) is -0.230. The Hall–Kier alpha value is -2.81. The molecule has 0 aliphatic carbocycles. The number of para-hydroxylation sites is 1. The maximum Gasteiger partial charge on any atom is 0.205 e. The van der Waals surface area contributed by atoms with Crippen molar-refractivity contribution in [2.75, 3.05) is 11.1 Å². The zero-order valence-corrected chi connectivity index (χ0v) is 14.0. The highest BCUT2D eigenvalue weighted by atomic mass is 35.5. The van der Waals surface area contributed by atoms with E-state index in [1.165, 1.54) is 11.3 Å². The van der Waals surface area contributed by atoms with Crippen LogP contribution in [-0.2, 0) is 0 Å². The van der Waals surface area contributed by atoms with Crippen LogP contribution < -0.4 is 11.1 Å². The maximum atomic E-state index is 12.7. The third-order valence-electron chi connectivity index (χ3n) is 3.40. The van der Waals surface area contributed by atoms with Gasteiger partial charge in [-0.2, -0.15) is 5.26 Å².